The van der Waals surface area contributed by atoms with Crippen molar-refractivity contribution in [3.63, 3.8) is 0 Å². The Labute approximate surface area is 99.7 Å². The fraction of sp³-hybridized carbons (Fsp3) is 0.571. The zero-order chi connectivity index (χ0) is 11.8. The summed E-state index contributed by atoms with van der Waals surface area (Å²) in [5.41, 5.74) is 2.80. The van der Waals surface area contributed by atoms with E-state index in [1.807, 2.05) is 7.05 Å². The van der Waals surface area contributed by atoms with Gasteiger partial charge in [0.05, 0.1) is 0 Å². The van der Waals surface area contributed by atoms with Gasteiger partial charge in [0.1, 0.15) is 0 Å². The second-order valence-electron chi connectivity index (χ2n) is 4.50. The van der Waals surface area contributed by atoms with Crippen molar-refractivity contribution in [1.82, 2.24) is 10.2 Å². The van der Waals surface area contributed by atoms with Gasteiger partial charge in [-0.2, -0.15) is 0 Å². The van der Waals surface area contributed by atoms with Crippen LogP contribution in [0.3, 0.4) is 0 Å². The molecule has 1 aromatic rings. The van der Waals surface area contributed by atoms with Gasteiger partial charge in [-0.25, -0.2) is 0 Å². The lowest BCUT2D eigenvalue weighted by molar-refractivity contribution is 0.332. The van der Waals surface area contributed by atoms with Gasteiger partial charge in [-0.1, -0.05) is 29.8 Å². The molecule has 2 heteroatoms. The van der Waals surface area contributed by atoms with E-state index in [4.69, 9.17) is 0 Å². The Morgan fingerprint density at radius 3 is 2.75 bits per heavy atom. The fourth-order valence-electron chi connectivity index (χ4n) is 1.83. The van der Waals surface area contributed by atoms with Crippen LogP contribution in [-0.4, -0.2) is 38.6 Å². The van der Waals surface area contributed by atoms with Crippen molar-refractivity contribution in [2.45, 2.75) is 19.8 Å². The minimum absolute atomic E-state index is 1.11. The number of hydrogen-bond donors (Lipinski definition) is 1. The number of hydrogen-bond acceptors (Lipinski definition) is 2. The van der Waals surface area contributed by atoms with Crippen molar-refractivity contribution in [1.29, 1.82) is 0 Å². The van der Waals surface area contributed by atoms with E-state index in [9.17, 15) is 0 Å². The molecule has 0 bridgehead atoms. The molecule has 0 unspecified atom stereocenters. The van der Waals surface area contributed by atoms with Crippen LogP contribution in [0.15, 0.2) is 24.3 Å². The summed E-state index contributed by atoms with van der Waals surface area (Å²) >= 11 is 0. The lowest BCUT2D eigenvalue weighted by atomic mass is 10.1. The number of nitrogens with zero attached hydrogens (tertiary/aromatic N) is 1. The SMILES string of the molecule is CNCCCN(C)CCc1cccc(C)c1. The van der Waals surface area contributed by atoms with Crippen LogP contribution in [0.4, 0.5) is 0 Å². The van der Waals surface area contributed by atoms with Gasteiger partial charge in [-0.15, -0.1) is 0 Å². The molecule has 0 saturated heterocycles. The molecule has 16 heavy (non-hydrogen) atoms. The Kier molecular flexibility index (Phi) is 6.12. The van der Waals surface area contributed by atoms with E-state index in [0.29, 0.717) is 0 Å². The van der Waals surface area contributed by atoms with Gasteiger partial charge in [0, 0.05) is 6.54 Å². The first kappa shape index (κ1) is 13.2. The van der Waals surface area contributed by atoms with Crippen LogP contribution in [0, 0.1) is 6.92 Å². The molecule has 0 fully saturated rings. The molecular weight excluding hydrogens is 196 g/mol. The van der Waals surface area contributed by atoms with Crippen molar-refractivity contribution in [2.75, 3.05) is 33.7 Å². The van der Waals surface area contributed by atoms with Gasteiger partial charge in [0.2, 0.25) is 0 Å². The van der Waals surface area contributed by atoms with E-state index >= 15 is 0 Å². The van der Waals surface area contributed by atoms with Gasteiger partial charge >= 0.3 is 0 Å². The van der Waals surface area contributed by atoms with Crippen LogP contribution in [-0.2, 0) is 6.42 Å². The zero-order valence-corrected chi connectivity index (χ0v) is 10.8. The third kappa shape index (κ3) is 5.29. The Balaban J connectivity index is 2.23. The lowest BCUT2D eigenvalue weighted by Crippen LogP contribution is -2.24. The highest BCUT2D eigenvalue weighted by atomic mass is 15.1. The molecule has 90 valence electrons. The maximum atomic E-state index is 3.18. The van der Waals surface area contributed by atoms with Gasteiger partial charge < -0.3 is 10.2 Å². The third-order valence-electron chi connectivity index (χ3n) is 2.83. The molecule has 2 nitrogen and oxygen atoms in total. The number of benzene rings is 1. The van der Waals surface area contributed by atoms with Crippen molar-refractivity contribution < 1.29 is 0 Å². The van der Waals surface area contributed by atoms with Crippen LogP contribution >= 0.6 is 0 Å². The average molecular weight is 220 g/mol. The molecule has 0 aliphatic rings. The minimum Gasteiger partial charge on any atom is -0.320 e. The summed E-state index contributed by atoms with van der Waals surface area (Å²) < 4.78 is 0. The highest BCUT2D eigenvalue weighted by Gasteiger charge is 1.99. The second-order valence-corrected chi connectivity index (χ2v) is 4.50. The predicted molar refractivity (Wildman–Crippen MR) is 70.9 cm³/mol. The molecule has 0 aliphatic carbocycles. The number of aryl methyl sites for hydroxylation is 1. The molecule has 0 spiro atoms. The van der Waals surface area contributed by atoms with E-state index in [0.717, 1.165) is 19.5 Å². The minimum atomic E-state index is 1.11. The van der Waals surface area contributed by atoms with Gasteiger partial charge in [0.25, 0.3) is 0 Å². The number of likely N-dealkylation sites (N-methyl/N-ethyl adjacent to an activating group) is 1. The van der Waals surface area contributed by atoms with Crippen molar-refractivity contribution in [3.8, 4) is 0 Å². The summed E-state index contributed by atoms with van der Waals surface area (Å²) in [5, 5.41) is 3.18. The zero-order valence-electron chi connectivity index (χ0n) is 10.8. The summed E-state index contributed by atoms with van der Waals surface area (Å²) in [4.78, 5) is 2.40. The average Bonchev–Trinajstić information content (AvgIpc) is 2.27. The smallest absolute Gasteiger partial charge is 0.00188 e. The first-order valence-electron chi connectivity index (χ1n) is 6.11. The molecule has 0 amide bonds. The highest BCUT2D eigenvalue weighted by Crippen LogP contribution is 2.05. The summed E-state index contributed by atoms with van der Waals surface area (Å²) in [6.45, 7) is 5.58. The summed E-state index contributed by atoms with van der Waals surface area (Å²) in [7, 11) is 4.21. The standard InChI is InChI=1S/C14H24N2/c1-13-6-4-7-14(12-13)8-11-16(3)10-5-9-15-2/h4,6-7,12,15H,5,8-11H2,1-3H3. The van der Waals surface area contributed by atoms with Crippen molar-refractivity contribution in [3.05, 3.63) is 35.4 Å². The fourth-order valence-corrected chi connectivity index (χ4v) is 1.83. The molecule has 1 aromatic carbocycles. The van der Waals surface area contributed by atoms with E-state index in [2.05, 4.69) is 48.5 Å². The first-order chi connectivity index (χ1) is 7.72. The van der Waals surface area contributed by atoms with Crippen LogP contribution in [0.25, 0.3) is 0 Å². The van der Waals surface area contributed by atoms with E-state index in [1.165, 1.54) is 24.1 Å². The summed E-state index contributed by atoms with van der Waals surface area (Å²) in [6.07, 6.45) is 2.37. The van der Waals surface area contributed by atoms with E-state index in [1.54, 1.807) is 0 Å². The molecule has 0 heterocycles. The topological polar surface area (TPSA) is 15.3 Å². The lowest BCUT2D eigenvalue weighted by Gasteiger charge is -2.16. The van der Waals surface area contributed by atoms with Crippen LogP contribution in [0.1, 0.15) is 17.5 Å². The maximum absolute atomic E-state index is 3.18. The summed E-state index contributed by atoms with van der Waals surface area (Å²) in [6, 6.07) is 8.79. The van der Waals surface area contributed by atoms with Gasteiger partial charge in [0.15, 0.2) is 0 Å². The number of nitrogens with one attached hydrogen (secondary N) is 1. The van der Waals surface area contributed by atoms with Crippen LogP contribution < -0.4 is 5.32 Å². The number of rotatable bonds is 7. The van der Waals surface area contributed by atoms with Crippen LogP contribution in [0.5, 0.6) is 0 Å². The van der Waals surface area contributed by atoms with E-state index in [-0.39, 0.29) is 0 Å². The predicted octanol–water partition coefficient (Wildman–Crippen LogP) is 2.08. The highest BCUT2D eigenvalue weighted by molar-refractivity contribution is 5.22. The monoisotopic (exact) mass is 220 g/mol. The summed E-state index contributed by atoms with van der Waals surface area (Å²) in [5.74, 6) is 0. The normalized spacial score (nSPS) is 11.0. The molecule has 0 aromatic heterocycles. The second kappa shape index (κ2) is 7.42. The van der Waals surface area contributed by atoms with Gasteiger partial charge in [-0.05, 0) is 52.5 Å². The van der Waals surface area contributed by atoms with E-state index < -0.39 is 0 Å². The Hall–Kier alpha value is -0.860. The van der Waals surface area contributed by atoms with Crippen LogP contribution in [0.2, 0.25) is 0 Å². The molecular formula is C14H24N2. The van der Waals surface area contributed by atoms with Gasteiger partial charge in [-0.3, -0.25) is 0 Å². The molecule has 0 radical (unpaired) electrons. The largest absolute Gasteiger partial charge is 0.320 e. The molecule has 0 aliphatic heterocycles. The first-order valence-corrected chi connectivity index (χ1v) is 6.11. The quantitative estimate of drug-likeness (QED) is 0.708. The van der Waals surface area contributed by atoms with Crippen molar-refractivity contribution in [2.24, 2.45) is 0 Å². The Morgan fingerprint density at radius 1 is 1.25 bits per heavy atom. The molecule has 1 N–H and O–H groups in total. The Morgan fingerprint density at radius 2 is 2.06 bits per heavy atom. The maximum Gasteiger partial charge on any atom is 0.00188 e. The molecule has 1 rings (SSSR count). The molecule has 0 saturated carbocycles. The molecule has 0 atom stereocenters. The Bertz CT molecular complexity index is 297. The third-order valence-corrected chi connectivity index (χ3v) is 2.83. The van der Waals surface area contributed by atoms with Crippen molar-refractivity contribution >= 4 is 0 Å².